The summed E-state index contributed by atoms with van der Waals surface area (Å²) < 4.78 is 8.66. The molecule has 3 heterocycles. The lowest BCUT2D eigenvalue weighted by atomic mass is 9.92. The normalized spacial score (nSPS) is 27.0. The Bertz CT molecular complexity index is 902. The summed E-state index contributed by atoms with van der Waals surface area (Å²) in [4.78, 5) is 4.77. The summed E-state index contributed by atoms with van der Waals surface area (Å²) in [5.41, 5.74) is 5.01. The van der Waals surface area contributed by atoms with Gasteiger partial charge in [0.25, 0.3) is 0 Å². The van der Waals surface area contributed by atoms with Crippen molar-refractivity contribution in [3.8, 4) is 16.9 Å². The minimum Gasteiger partial charge on any atom is -0.485 e. The molecule has 0 bridgehead atoms. The molecule has 1 aromatic carbocycles. The summed E-state index contributed by atoms with van der Waals surface area (Å²) in [7, 11) is 4.38. The Morgan fingerprint density at radius 1 is 1.18 bits per heavy atom. The first-order chi connectivity index (χ1) is 13.6. The van der Waals surface area contributed by atoms with Gasteiger partial charge < -0.3 is 14.5 Å². The topological polar surface area (TPSA) is 33.5 Å². The first-order valence-corrected chi connectivity index (χ1v) is 10.5. The molecule has 0 N–H and O–H groups in total. The Balaban J connectivity index is 1.53. The molecule has 2 aliphatic heterocycles. The summed E-state index contributed by atoms with van der Waals surface area (Å²) in [5, 5.41) is 4.71. The van der Waals surface area contributed by atoms with Gasteiger partial charge in [0, 0.05) is 54.6 Å². The number of rotatable bonds is 4. The molecule has 0 amide bonds. The highest BCUT2D eigenvalue weighted by Gasteiger charge is 2.28. The van der Waals surface area contributed by atoms with E-state index in [9.17, 15) is 0 Å². The van der Waals surface area contributed by atoms with E-state index in [0.29, 0.717) is 12.1 Å². The third kappa shape index (κ3) is 3.02. The summed E-state index contributed by atoms with van der Waals surface area (Å²) in [6, 6.07) is 5.54. The highest BCUT2D eigenvalue weighted by Crippen LogP contribution is 2.43. The molecule has 1 fully saturated rings. The second-order valence-electron chi connectivity index (χ2n) is 8.67. The molecule has 1 aromatic heterocycles. The number of aromatic nitrogens is 2. The number of anilines is 1. The highest BCUT2D eigenvalue weighted by molar-refractivity contribution is 5.77. The molecule has 3 aliphatic rings. The quantitative estimate of drug-likeness (QED) is 0.756. The lowest BCUT2D eigenvalue weighted by Crippen LogP contribution is -2.34. The van der Waals surface area contributed by atoms with E-state index in [1.165, 1.54) is 23.2 Å². The van der Waals surface area contributed by atoms with Crippen LogP contribution < -0.4 is 9.64 Å². The van der Waals surface area contributed by atoms with Gasteiger partial charge >= 0.3 is 0 Å². The van der Waals surface area contributed by atoms with E-state index in [-0.39, 0.29) is 6.10 Å². The first-order valence-electron chi connectivity index (χ1n) is 10.5. The van der Waals surface area contributed by atoms with Gasteiger partial charge in [-0.3, -0.25) is 4.68 Å². The van der Waals surface area contributed by atoms with Gasteiger partial charge in [-0.15, -0.1) is 0 Å². The standard InChI is InChI=1S/C23H30N4O/c1-16-7-8-21-22(26(16)3)10-9-20(23(21)28-19-5-4-6-19)17-13-24-27(14-17)18-11-12-25(2)15-18/h4-5,9-10,13-14,16,18-19H,6-8,11-12,15H2,1-3H3. The Labute approximate surface area is 167 Å². The van der Waals surface area contributed by atoms with E-state index in [4.69, 9.17) is 9.84 Å². The van der Waals surface area contributed by atoms with Crippen LogP contribution in [0.1, 0.15) is 37.8 Å². The number of likely N-dealkylation sites (tertiary alicyclic amines) is 1. The van der Waals surface area contributed by atoms with Crippen LogP contribution in [0, 0.1) is 0 Å². The SMILES string of the molecule is CC1CCc2c(ccc(-c3cnn(C4CCN(C)C4)c3)c2OC2C=CC2)N1C. The lowest BCUT2D eigenvalue weighted by Gasteiger charge is -2.36. The van der Waals surface area contributed by atoms with Crippen LogP contribution in [0.25, 0.3) is 11.1 Å². The van der Waals surface area contributed by atoms with Crippen molar-refractivity contribution in [3.05, 3.63) is 42.2 Å². The largest absolute Gasteiger partial charge is 0.485 e. The first kappa shape index (κ1) is 17.8. The summed E-state index contributed by atoms with van der Waals surface area (Å²) in [5.74, 6) is 1.06. The Kier molecular flexibility index (Phi) is 4.43. The fourth-order valence-electron chi connectivity index (χ4n) is 4.63. The average Bonchev–Trinajstić information content (AvgIpc) is 3.30. The predicted molar refractivity (Wildman–Crippen MR) is 113 cm³/mol. The molecule has 3 atom stereocenters. The van der Waals surface area contributed by atoms with E-state index in [0.717, 1.165) is 43.7 Å². The fourth-order valence-corrected chi connectivity index (χ4v) is 4.63. The molecule has 1 aliphatic carbocycles. The predicted octanol–water partition coefficient (Wildman–Crippen LogP) is 3.90. The number of hydrogen-bond acceptors (Lipinski definition) is 4. The van der Waals surface area contributed by atoms with E-state index >= 15 is 0 Å². The number of nitrogens with zero attached hydrogens (tertiary/aromatic N) is 4. The van der Waals surface area contributed by atoms with Crippen LogP contribution in [0.15, 0.2) is 36.7 Å². The van der Waals surface area contributed by atoms with Crippen LogP contribution in [0.3, 0.4) is 0 Å². The van der Waals surface area contributed by atoms with Crippen LogP contribution in [0.2, 0.25) is 0 Å². The smallest absolute Gasteiger partial charge is 0.133 e. The van der Waals surface area contributed by atoms with Crippen molar-refractivity contribution in [2.24, 2.45) is 0 Å². The van der Waals surface area contributed by atoms with Crippen LogP contribution in [0.5, 0.6) is 5.75 Å². The Morgan fingerprint density at radius 3 is 2.75 bits per heavy atom. The zero-order valence-corrected chi connectivity index (χ0v) is 17.1. The molecule has 28 heavy (non-hydrogen) atoms. The zero-order chi connectivity index (χ0) is 19.3. The average molecular weight is 379 g/mol. The molecule has 0 radical (unpaired) electrons. The maximum absolute atomic E-state index is 6.51. The molecule has 2 aromatic rings. The summed E-state index contributed by atoms with van der Waals surface area (Å²) in [6.45, 7) is 4.52. The number of benzene rings is 1. The van der Waals surface area contributed by atoms with Crippen LogP contribution >= 0.6 is 0 Å². The molecule has 148 valence electrons. The van der Waals surface area contributed by atoms with Gasteiger partial charge in [-0.25, -0.2) is 0 Å². The monoisotopic (exact) mass is 378 g/mol. The molecule has 3 unspecified atom stereocenters. The minimum atomic E-state index is 0.202. The summed E-state index contributed by atoms with van der Waals surface area (Å²) >= 11 is 0. The van der Waals surface area contributed by atoms with Gasteiger partial charge in [0.15, 0.2) is 0 Å². The highest BCUT2D eigenvalue weighted by atomic mass is 16.5. The molecule has 0 spiro atoms. The third-order valence-corrected chi connectivity index (χ3v) is 6.73. The maximum atomic E-state index is 6.51. The van der Waals surface area contributed by atoms with Crippen molar-refractivity contribution in [3.63, 3.8) is 0 Å². The number of hydrogen-bond donors (Lipinski definition) is 0. The third-order valence-electron chi connectivity index (χ3n) is 6.73. The molecule has 0 saturated carbocycles. The van der Waals surface area contributed by atoms with Crippen molar-refractivity contribution in [2.45, 2.75) is 50.8 Å². The second-order valence-corrected chi connectivity index (χ2v) is 8.67. The lowest BCUT2D eigenvalue weighted by molar-refractivity contribution is 0.234. The second kappa shape index (κ2) is 6.96. The van der Waals surface area contributed by atoms with Gasteiger partial charge in [0.05, 0.1) is 12.2 Å². The molecule has 5 rings (SSSR count). The zero-order valence-electron chi connectivity index (χ0n) is 17.1. The van der Waals surface area contributed by atoms with Gasteiger partial charge in [-0.2, -0.15) is 5.10 Å². The van der Waals surface area contributed by atoms with E-state index in [1.54, 1.807) is 0 Å². The Morgan fingerprint density at radius 2 is 2.04 bits per heavy atom. The van der Waals surface area contributed by atoms with Crippen LogP contribution in [0.4, 0.5) is 5.69 Å². The fraction of sp³-hybridized carbons (Fsp3) is 0.522. The minimum absolute atomic E-state index is 0.202. The Hall–Kier alpha value is -2.27. The van der Waals surface area contributed by atoms with Crippen molar-refractivity contribution in [1.82, 2.24) is 14.7 Å². The van der Waals surface area contributed by atoms with E-state index in [1.807, 2.05) is 6.20 Å². The van der Waals surface area contributed by atoms with E-state index < -0.39 is 0 Å². The van der Waals surface area contributed by atoms with Crippen molar-refractivity contribution in [1.29, 1.82) is 0 Å². The van der Waals surface area contributed by atoms with Crippen LogP contribution in [-0.4, -0.2) is 54.0 Å². The number of ether oxygens (including phenoxy) is 1. The van der Waals surface area contributed by atoms with Gasteiger partial charge in [-0.1, -0.05) is 6.08 Å². The number of likely N-dealkylation sites (N-methyl/N-ethyl adjacent to an activating group) is 1. The summed E-state index contributed by atoms with van der Waals surface area (Å²) in [6.07, 6.45) is 13.2. The molecule has 5 heteroatoms. The number of fused-ring (bicyclic) bond motifs is 1. The van der Waals surface area contributed by atoms with Crippen molar-refractivity contribution < 1.29 is 4.74 Å². The van der Waals surface area contributed by atoms with Crippen LogP contribution in [-0.2, 0) is 6.42 Å². The van der Waals surface area contributed by atoms with Crippen molar-refractivity contribution in [2.75, 3.05) is 32.1 Å². The molecular weight excluding hydrogens is 348 g/mol. The molecular formula is C23H30N4O. The van der Waals surface area contributed by atoms with Crippen molar-refractivity contribution >= 4 is 5.69 Å². The molecule has 5 nitrogen and oxygen atoms in total. The molecule has 1 saturated heterocycles. The van der Waals surface area contributed by atoms with Gasteiger partial charge in [0.1, 0.15) is 11.9 Å². The van der Waals surface area contributed by atoms with E-state index in [2.05, 4.69) is 66.0 Å². The van der Waals surface area contributed by atoms with Gasteiger partial charge in [-0.05, 0) is 58.0 Å². The maximum Gasteiger partial charge on any atom is 0.133 e. The van der Waals surface area contributed by atoms with Gasteiger partial charge in [0.2, 0.25) is 0 Å².